The molecule has 3 N–H and O–H groups in total. The average Bonchev–Trinajstić information content (AvgIpc) is 3.22. The van der Waals surface area contributed by atoms with E-state index in [1.165, 1.54) is 32.1 Å². The molecule has 3 fully saturated rings. The lowest BCUT2D eigenvalue weighted by molar-refractivity contribution is -0.128. The van der Waals surface area contributed by atoms with Crippen molar-refractivity contribution in [3.05, 3.63) is 0 Å². The molecule has 0 radical (unpaired) electrons. The van der Waals surface area contributed by atoms with Crippen LogP contribution in [-0.2, 0) is 9.53 Å². The van der Waals surface area contributed by atoms with Gasteiger partial charge in [-0.25, -0.2) is 0 Å². The first-order chi connectivity index (χ1) is 9.74. The lowest BCUT2D eigenvalue weighted by atomic mass is 9.65. The molecule has 2 unspecified atom stereocenters. The summed E-state index contributed by atoms with van der Waals surface area (Å²) < 4.78 is 5.55. The molecule has 0 aromatic rings. The Bertz CT molecular complexity index is 329. The van der Waals surface area contributed by atoms with Gasteiger partial charge in [-0.1, -0.05) is 6.42 Å². The summed E-state index contributed by atoms with van der Waals surface area (Å²) in [5, 5.41) is 3.05. The monoisotopic (exact) mass is 280 g/mol. The first kappa shape index (κ1) is 14.3. The summed E-state index contributed by atoms with van der Waals surface area (Å²) in [4.78, 5) is 12.2. The van der Waals surface area contributed by atoms with E-state index < -0.39 is 0 Å². The average molecular weight is 280 g/mol. The fourth-order valence-corrected chi connectivity index (χ4v) is 3.93. The van der Waals surface area contributed by atoms with E-state index in [1.54, 1.807) is 0 Å². The van der Waals surface area contributed by atoms with Crippen molar-refractivity contribution in [2.24, 2.45) is 29.4 Å². The highest BCUT2D eigenvalue weighted by Gasteiger charge is 2.40. The van der Waals surface area contributed by atoms with Gasteiger partial charge in [0.1, 0.15) is 0 Å². The standard InChI is InChI=1S/C16H28N2O2/c17-15-12-2-1-3-13(15)9-14(8-12)16(19)18-6-7-20-10-11-4-5-11/h11-15H,1-10,17H2,(H,18,19). The molecule has 0 saturated heterocycles. The SMILES string of the molecule is NC1C2CCCC1CC(C(=O)NCCOCC1CC1)C2. The highest BCUT2D eigenvalue weighted by atomic mass is 16.5. The van der Waals surface area contributed by atoms with Crippen LogP contribution in [0, 0.1) is 23.7 Å². The predicted octanol–water partition coefficient (Wildman–Crippen LogP) is 1.68. The summed E-state index contributed by atoms with van der Waals surface area (Å²) in [5.74, 6) is 2.36. The van der Waals surface area contributed by atoms with Crippen molar-refractivity contribution < 1.29 is 9.53 Å². The maximum absolute atomic E-state index is 12.2. The topological polar surface area (TPSA) is 64.4 Å². The van der Waals surface area contributed by atoms with Gasteiger partial charge in [-0.05, 0) is 56.3 Å². The van der Waals surface area contributed by atoms with Crippen LogP contribution in [0.1, 0.15) is 44.9 Å². The van der Waals surface area contributed by atoms with Crippen LogP contribution in [0.3, 0.4) is 0 Å². The Hall–Kier alpha value is -0.610. The highest BCUT2D eigenvalue weighted by Crippen LogP contribution is 2.41. The molecule has 3 saturated carbocycles. The number of rotatable bonds is 6. The number of amides is 1. The molecule has 0 aromatic carbocycles. The molecule has 0 spiro atoms. The minimum absolute atomic E-state index is 0.188. The van der Waals surface area contributed by atoms with Crippen molar-refractivity contribution in [2.75, 3.05) is 19.8 Å². The molecule has 3 aliphatic carbocycles. The van der Waals surface area contributed by atoms with Crippen LogP contribution >= 0.6 is 0 Å². The molecular weight excluding hydrogens is 252 g/mol. The zero-order valence-corrected chi connectivity index (χ0v) is 12.4. The molecule has 3 rings (SSSR count). The first-order valence-electron chi connectivity index (χ1n) is 8.35. The van der Waals surface area contributed by atoms with E-state index >= 15 is 0 Å². The minimum Gasteiger partial charge on any atom is -0.379 e. The third-order valence-corrected chi connectivity index (χ3v) is 5.38. The Balaban J connectivity index is 1.36. The number of hydrogen-bond acceptors (Lipinski definition) is 3. The van der Waals surface area contributed by atoms with Crippen molar-refractivity contribution in [3.63, 3.8) is 0 Å². The van der Waals surface area contributed by atoms with Crippen molar-refractivity contribution in [3.8, 4) is 0 Å². The number of hydrogen-bond donors (Lipinski definition) is 2. The normalized spacial score (nSPS) is 36.6. The molecule has 1 amide bonds. The first-order valence-corrected chi connectivity index (χ1v) is 8.35. The number of carbonyl (C=O) groups excluding carboxylic acids is 1. The Morgan fingerprint density at radius 1 is 1.15 bits per heavy atom. The third kappa shape index (κ3) is 3.53. The van der Waals surface area contributed by atoms with Crippen molar-refractivity contribution in [2.45, 2.75) is 51.0 Å². The Kier molecular flexibility index (Phi) is 4.61. The molecule has 2 atom stereocenters. The quantitative estimate of drug-likeness (QED) is 0.728. The molecule has 3 aliphatic rings. The van der Waals surface area contributed by atoms with Gasteiger partial charge in [0, 0.05) is 25.1 Å². The zero-order chi connectivity index (χ0) is 13.9. The van der Waals surface area contributed by atoms with Crippen LogP contribution in [0.25, 0.3) is 0 Å². The van der Waals surface area contributed by atoms with Gasteiger partial charge in [0.2, 0.25) is 5.91 Å². The second-order valence-corrected chi connectivity index (χ2v) is 7.01. The van der Waals surface area contributed by atoms with E-state index in [0.29, 0.717) is 31.0 Å². The summed E-state index contributed by atoms with van der Waals surface area (Å²) in [6, 6.07) is 0.342. The largest absolute Gasteiger partial charge is 0.379 e. The summed E-state index contributed by atoms with van der Waals surface area (Å²) in [6.07, 6.45) is 8.35. The summed E-state index contributed by atoms with van der Waals surface area (Å²) >= 11 is 0. The van der Waals surface area contributed by atoms with Gasteiger partial charge in [-0.15, -0.1) is 0 Å². The second-order valence-electron chi connectivity index (χ2n) is 7.01. The molecule has 4 heteroatoms. The second kappa shape index (κ2) is 6.44. The van der Waals surface area contributed by atoms with Gasteiger partial charge >= 0.3 is 0 Å². The van der Waals surface area contributed by atoms with Gasteiger partial charge in [0.15, 0.2) is 0 Å². The Morgan fingerprint density at radius 2 is 1.85 bits per heavy atom. The molecule has 2 bridgehead atoms. The Morgan fingerprint density at radius 3 is 2.50 bits per heavy atom. The molecule has 0 aliphatic heterocycles. The molecular formula is C16H28N2O2. The maximum Gasteiger partial charge on any atom is 0.223 e. The van der Waals surface area contributed by atoms with Gasteiger partial charge in [-0.2, -0.15) is 0 Å². The van der Waals surface area contributed by atoms with Crippen molar-refractivity contribution in [1.82, 2.24) is 5.32 Å². The van der Waals surface area contributed by atoms with Crippen LogP contribution in [0.2, 0.25) is 0 Å². The number of nitrogens with one attached hydrogen (secondary N) is 1. The number of carbonyl (C=O) groups is 1. The fourth-order valence-electron chi connectivity index (χ4n) is 3.93. The van der Waals surface area contributed by atoms with E-state index in [0.717, 1.165) is 25.4 Å². The molecule has 114 valence electrons. The summed E-state index contributed by atoms with van der Waals surface area (Å²) in [6.45, 7) is 2.18. The van der Waals surface area contributed by atoms with Crippen molar-refractivity contribution >= 4 is 5.91 Å². The lowest BCUT2D eigenvalue weighted by Crippen LogP contribution is -2.49. The van der Waals surface area contributed by atoms with Crippen LogP contribution in [0.4, 0.5) is 0 Å². The van der Waals surface area contributed by atoms with Crippen molar-refractivity contribution in [1.29, 1.82) is 0 Å². The number of fused-ring (bicyclic) bond motifs is 2. The van der Waals surface area contributed by atoms with Gasteiger partial charge in [-0.3, -0.25) is 4.79 Å². The molecule has 4 nitrogen and oxygen atoms in total. The molecule has 0 heterocycles. The maximum atomic E-state index is 12.2. The van der Waals surface area contributed by atoms with E-state index in [2.05, 4.69) is 5.32 Å². The van der Waals surface area contributed by atoms with E-state index in [4.69, 9.17) is 10.5 Å². The van der Waals surface area contributed by atoms with Crippen LogP contribution < -0.4 is 11.1 Å². The Labute approximate surface area is 121 Å². The van der Waals surface area contributed by atoms with E-state index in [1.807, 2.05) is 0 Å². The molecule has 0 aromatic heterocycles. The van der Waals surface area contributed by atoms with Gasteiger partial charge in [0.05, 0.1) is 6.61 Å². The third-order valence-electron chi connectivity index (χ3n) is 5.38. The highest BCUT2D eigenvalue weighted by molar-refractivity contribution is 5.78. The van der Waals surface area contributed by atoms with Crippen LogP contribution in [-0.4, -0.2) is 31.7 Å². The predicted molar refractivity (Wildman–Crippen MR) is 78.1 cm³/mol. The van der Waals surface area contributed by atoms with E-state index in [9.17, 15) is 4.79 Å². The lowest BCUT2D eigenvalue weighted by Gasteiger charge is -2.43. The summed E-state index contributed by atoms with van der Waals surface area (Å²) in [5.41, 5.74) is 6.27. The van der Waals surface area contributed by atoms with Crippen LogP contribution in [0.15, 0.2) is 0 Å². The van der Waals surface area contributed by atoms with Gasteiger partial charge < -0.3 is 15.8 Å². The number of nitrogens with two attached hydrogens (primary N) is 1. The zero-order valence-electron chi connectivity index (χ0n) is 12.4. The van der Waals surface area contributed by atoms with E-state index in [-0.39, 0.29) is 11.8 Å². The number of ether oxygens (including phenoxy) is 1. The fraction of sp³-hybridized carbons (Fsp3) is 0.938. The van der Waals surface area contributed by atoms with Gasteiger partial charge in [0.25, 0.3) is 0 Å². The molecule has 20 heavy (non-hydrogen) atoms. The summed E-state index contributed by atoms with van der Waals surface area (Å²) in [7, 11) is 0. The minimum atomic E-state index is 0.188. The van der Waals surface area contributed by atoms with Crippen LogP contribution in [0.5, 0.6) is 0 Å². The smallest absolute Gasteiger partial charge is 0.223 e.